The van der Waals surface area contributed by atoms with E-state index in [4.69, 9.17) is 0 Å². The number of rotatable bonds is 5. The molecule has 0 aromatic heterocycles. The van der Waals surface area contributed by atoms with Gasteiger partial charge in [0.05, 0.1) is 0 Å². The minimum absolute atomic E-state index is 0.149. The standard InChI is InChI=1S/C21H33N3O2/c1-17-5-7-18(8-6-17)21(26)24-10-9-20(19(16-24)4-3-15-25)23-13-11-22(2)12-14-23/h5-8,19-20,25H,3-4,9-16H2,1-2H3/t19-,20+/m1/s1. The quantitative estimate of drug-likeness (QED) is 0.872. The van der Waals surface area contributed by atoms with E-state index in [2.05, 4.69) is 16.8 Å². The van der Waals surface area contributed by atoms with Gasteiger partial charge in [-0.25, -0.2) is 0 Å². The summed E-state index contributed by atoms with van der Waals surface area (Å²) in [5.74, 6) is 0.601. The average molecular weight is 360 g/mol. The molecule has 2 aliphatic heterocycles. The van der Waals surface area contributed by atoms with Crippen LogP contribution in [-0.2, 0) is 0 Å². The molecule has 144 valence electrons. The molecule has 0 unspecified atom stereocenters. The smallest absolute Gasteiger partial charge is 0.253 e. The van der Waals surface area contributed by atoms with Crippen molar-refractivity contribution < 1.29 is 9.90 Å². The van der Waals surface area contributed by atoms with Gasteiger partial charge in [0, 0.05) is 57.5 Å². The topological polar surface area (TPSA) is 47.0 Å². The molecule has 5 nitrogen and oxygen atoms in total. The largest absolute Gasteiger partial charge is 0.396 e. The van der Waals surface area contributed by atoms with Crippen LogP contribution in [-0.4, -0.2) is 84.7 Å². The summed E-state index contributed by atoms with van der Waals surface area (Å²) >= 11 is 0. The Morgan fingerprint density at radius 3 is 2.46 bits per heavy atom. The highest BCUT2D eigenvalue weighted by Crippen LogP contribution is 2.28. The molecule has 5 heteroatoms. The summed E-state index contributed by atoms with van der Waals surface area (Å²) in [5.41, 5.74) is 1.96. The second-order valence-electron chi connectivity index (χ2n) is 7.94. The van der Waals surface area contributed by atoms with Crippen LogP contribution in [0.2, 0.25) is 0 Å². The number of aliphatic hydroxyl groups is 1. The number of aliphatic hydroxyl groups excluding tert-OH is 1. The van der Waals surface area contributed by atoms with Crippen molar-refractivity contribution in [1.82, 2.24) is 14.7 Å². The van der Waals surface area contributed by atoms with E-state index < -0.39 is 0 Å². The van der Waals surface area contributed by atoms with Crippen LogP contribution in [0.5, 0.6) is 0 Å². The summed E-state index contributed by atoms with van der Waals surface area (Å²) in [4.78, 5) is 19.9. The van der Waals surface area contributed by atoms with Gasteiger partial charge in [0.2, 0.25) is 0 Å². The van der Waals surface area contributed by atoms with Crippen LogP contribution in [0, 0.1) is 12.8 Å². The Bertz CT molecular complexity index is 581. The number of amides is 1. The Morgan fingerprint density at radius 1 is 1.12 bits per heavy atom. The lowest BCUT2D eigenvalue weighted by Crippen LogP contribution is -2.56. The van der Waals surface area contributed by atoms with Crippen LogP contribution < -0.4 is 0 Å². The minimum Gasteiger partial charge on any atom is -0.396 e. The van der Waals surface area contributed by atoms with E-state index in [1.165, 1.54) is 5.56 Å². The summed E-state index contributed by atoms with van der Waals surface area (Å²) < 4.78 is 0. The van der Waals surface area contributed by atoms with Crippen molar-refractivity contribution in [3.8, 4) is 0 Å². The van der Waals surface area contributed by atoms with Crippen molar-refractivity contribution in [2.75, 3.05) is 52.9 Å². The van der Waals surface area contributed by atoms with Gasteiger partial charge in [-0.1, -0.05) is 17.7 Å². The molecule has 26 heavy (non-hydrogen) atoms. The monoisotopic (exact) mass is 359 g/mol. The zero-order valence-electron chi connectivity index (χ0n) is 16.2. The zero-order chi connectivity index (χ0) is 18.5. The first-order valence-corrected chi connectivity index (χ1v) is 9.98. The summed E-state index contributed by atoms with van der Waals surface area (Å²) in [6.45, 7) is 8.39. The first-order valence-electron chi connectivity index (χ1n) is 9.98. The Labute approximate surface area is 157 Å². The predicted octanol–water partition coefficient (Wildman–Crippen LogP) is 1.85. The number of carbonyl (C=O) groups is 1. The van der Waals surface area contributed by atoms with Crippen molar-refractivity contribution in [3.63, 3.8) is 0 Å². The van der Waals surface area contributed by atoms with Gasteiger partial charge in [0.1, 0.15) is 0 Å². The third kappa shape index (κ3) is 4.64. The van der Waals surface area contributed by atoms with E-state index in [1.54, 1.807) is 0 Å². The molecular weight excluding hydrogens is 326 g/mol. The second kappa shape index (κ2) is 8.98. The van der Waals surface area contributed by atoms with E-state index in [-0.39, 0.29) is 12.5 Å². The predicted molar refractivity (Wildman–Crippen MR) is 104 cm³/mol. The molecule has 0 spiro atoms. The molecule has 0 aliphatic carbocycles. The first-order chi connectivity index (χ1) is 12.6. The van der Waals surface area contributed by atoms with Gasteiger partial charge >= 0.3 is 0 Å². The Morgan fingerprint density at radius 2 is 1.81 bits per heavy atom. The number of piperazine rings is 1. The van der Waals surface area contributed by atoms with E-state index in [0.717, 1.165) is 64.1 Å². The van der Waals surface area contributed by atoms with E-state index in [1.807, 2.05) is 36.1 Å². The number of nitrogens with zero attached hydrogens (tertiary/aromatic N) is 3. The molecular formula is C21H33N3O2. The molecule has 3 rings (SSSR count). The normalized spacial score (nSPS) is 25.4. The molecule has 0 radical (unpaired) electrons. The van der Waals surface area contributed by atoms with Gasteiger partial charge in [0.15, 0.2) is 0 Å². The van der Waals surface area contributed by atoms with Crippen molar-refractivity contribution in [3.05, 3.63) is 35.4 Å². The summed E-state index contributed by atoms with van der Waals surface area (Å²) in [7, 11) is 2.18. The number of hydrogen-bond acceptors (Lipinski definition) is 4. The lowest BCUT2D eigenvalue weighted by Gasteiger charge is -2.46. The van der Waals surface area contributed by atoms with E-state index >= 15 is 0 Å². The van der Waals surface area contributed by atoms with E-state index in [0.29, 0.717) is 12.0 Å². The Kier molecular flexibility index (Phi) is 6.68. The number of likely N-dealkylation sites (tertiary alicyclic amines) is 1. The molecule has 2 saturated heterocycles. The molecule has 0 bridgehead atoms. The molecule has 0 saturated carbocycles. The highest BCUT2D eigenvalue weighted by Gasteiger charge is 2.35. The van der Waals surface area contributed by atoms with Crippen molar-refractivity contribution >= 4 is 5.91 Å². The van der Waals surface area contributed by atoms with Crippen LogP contribution in [0.25, 0.3) is 0 Å². The number of piperidine rings is 1. The molecule has 2 heterocycles. The molecule has 2 atom stereocenters. The molecule has 1 amide bonds. The highest BCUT2D eigenvalue weighted by atomic mass is 16.3. The zero-order valence-corrected chi connectivity index (χ0v) is 16.2. The minimum atomic E-state index is 0.149. The lowest BCUT2D eigenvalue weighted by atomic mass is 9.86. The summed E-state index contributed by atoms with van der Waals surface area (Å²) in [6.07, 6.45) is 2.85. The fourth-order valence-corrected chi connectivity index (χ4v) is 4.35. The van der Waals surface area contributed by atoms with Crippen LogP contribution in [0.4, 0.5) is 0 Å². The van der Waals surface area contributed by atoms with Gasteiger partial charge in [-0.2, -0.15) is 0 Å². The maximum Gasteiger partial charge on any atom is 0.253 e. The maximum absolute atomic E-state index is 12.9. The number of hydrogen-bond donors (Lipinski definition) is 1. The fraction of sp³-hybridized carbons (Fsp3) is 0.667. The van der Waals surface area contributed by atoms with E-state index in [9.17, 15) is 9.90 Å². The molecule has 1 aromatic carbocycles. The summed E-state index contributed by atoms with van der Waals surface area (Å²) in [5, 5.41) is 9.31. The highest BCUT2D eigenvalue weighted by molar-refractivity contribution is 5.94. The van der Waals surface area contributed by atoms with Gasteiger partial charge in [-0.05, 0) is 51.3 Å². The van der Waals surface area contributed by atoms with Crippen LogP contribution in [0.15, 0.2) is 24.3 Å². The Balaban J connectivity index is 1.66. The van der Waals surface area contributed by atoms with Crippen LogP contribution in [0.3, 0.4) is 0 Å². The number of likely N-dealkylation sites (N-methyl/N-ethyl adjacent to an activating group) is 1. The van der Waals surface area contributed by atoms with Gasteiger partial charge in [0.25, 0.3) is 5.91 Å². The lowest BCUT2D eigenvalue weighted by molar-refractivity contribution is 0.0218. The van der Waals surface area contributed by atoms with Gasteiger partial charge in [-0.15, -0.1) is 0 Å². The number of carbonyl (C=O) groups excluding carboxylic acids is 1. The first kappa shape index (κ1) is 19.3. The molecule has 2 aliphatic rings. The second-order valence-corrected chi connectivity index (χ2v) is 7.94. The third-order valence-electron chi connectivity index (χ3n) is 6.02. The van der Waals surface area contributed by atoms with Gasteiger partial charge in [-0.3, -0.25) is 9.69 Å². The number of benzene rings is 1. The maximum atomic E-state index is 12.9. The third-order valence-corrected chi connectivity index (χ3v) is 6.02. The number of aryl methyl sites for hydroxylation is 1. The average Bonchev–Trinajstić information content (AvgIpc) is 2.67. The molecule has 1 aromatic rings. The molecule has 1 N–H and O–H groups in total. The van der Waals surface area contributed by atoms with Crippen LogP contribution in [0.1, 0.15) is 35.2 Å². The Hall–Kier alpha value is -1.43. The van der Waals surface area contributed by atoms with Crippen LogP contribution >= 0.6 is 0 Å². The summed E-state index contributed by atoms with van der Waals surface area (Å²) in [6, 6.07) is 8.43. The SMILES string of the molecule is Cc1ccc(C(=O)N2CC[C@H](N3CCN(C)CC3)[C@H](CCCO)C2)cc1. The molecule has 2 fully saturated rings. The fourth-order valence-electron chi connectivity index (χ4n) is 4.35. The van der Waals surface area contributed by atoms with Crippen molar-refractivity contribution in [2.45, 2.75) is 32.2 Å². The van der Waals surface area contributed by atoms with Gasteiger partial charge < -0.3 is 14.9 Å². The van der Waals surface area contributed by atoms with Crippen molar-refractivity contribution in [2.24, 2.45) is 5.92 Å². The van der Waals surface area contributed by atoms with Crippen molar-refractivity contribution in [1.29, 1.82) is 0 Å².